The molecule has 4 heteroatoms. The van der Waals surface area contributed by atoms with Crippen molar-refractivity contribution in [1.82, 2.24) is 19.9 Å². The molecule has 0 saturated carbocycles. The molecule has 20 heavy (non-hydrogen) atoms. The van der Waals surface area contributed by atoms with Gasteiger partial charge in [0.05, 0.1) is 29.6 Å². The van der Waals surface area contributed by atoms with Gasteiger partial charge in [-0.1, -0.05) is 6.92 Å². The Morgan fingerprint density at radius 1 is 1.25 bits per heavy atom. The maximum absolute atomic E-state index is 4.61. The van der Waals surface area contributed by atoms with Gasteiger partial charge in [-0.2, -0.15) is 0 Å². The van der Waals surface area contributed by atoms with Crippen molar-refractivity contribution in [2.75, 3.05) is 7.05 Å². The minimum Gasteiger partial charge on any atom is -0.312 e. The van der Waals surface area contributed by atoms with Crippen LogP contribution in [0.5, 0.6) is 0 Å². The zero-order valence-corrected chi connectivity index (χ0v) is 12.3. The third-order valence-corrected chi connectivity index (χ3v) is 4.19. The molecule has 2 heterocycles. The first-order valence-corrected chi connectivity index (χ1v) is 7.52. The summed E-state index contributed by atoms with van der Waals surface area (Å²) in [7, 11) is 1.98. The van der Waals surface area contributed by atoms with Crippen LogP contribution >= 0.6 is 0 Å². The molecule has 0 aliphatic heterocycles. The molecule has 0 spiro atoms. The Balaban J connectivity index is 1.89. The lowest BCUT2D eigenvalue weighted by atomic mass is 10.0. The summed E-state index contributed by atoms with van der Waals surface area (Å²) in [5.74, 6) is 0. The lowest BCUT2D eigenvalue weighted by Crippen LogP contribution is -2.16. The Morgan fingerprint density at radius 3 is 2.80 bits per heavy atom. The molecular formula is C16H22N4. The summed E-state index contributed by atoms with van der Waals surface area (Å²) in [4.78, 5) is 9.16. The van der Waals surface area contributed by atoms with Gasteiger partial charge in [-0.05, 0) is 51.3 Å². The molecule has 0 radical (unpaired) electrons. The summed E-state index contributed by atoms with van der Waals surface area (Å²) < 4.78 is 2.20. The number of hydrogen-bond donors (Lipinski definition) is 1. The van der Waals surface area contributed by atoms with Gasteiger partial charge in [0, 0.05) is 11.7 Å². The minimum atomic E-state index is 0.334. The van der Waals surface area contributed by atoms with Crippen molar-refractivity contribution in [3.05, 3.63) is 41.7 Å². The molecule has 2 aromatic heterocycles. The van der Waals surface area contributed by atoms with E-state index >= 15 is 0 Å². The van der Waals surface area contributed by atoms with E-state index in [1.165, 1.54) is 24.2 Å². The van der Waals surface area contributed by atoms with Crippen molar-refractivity contribution in [2.45, 2.75) is 45.1 Å². The van der Waals surface area contributed by atoms with E-state index in [1.54, 1.807) is 0 Å². The van der Waals surface area contributed by atoms with Gasteiger partial charge in [-0.15, -0.1) is 0 Å². The van der Waals surface area contributed by atoms with Gasteiger partial charge < -0.3 is 9.88 Å². The van der Waals surface area contributed by atoms with Crippen molar-refractivity contribution in [1.29, 1.82) is 0 Å². The Labute approximate surface area is 120 Å². The number of aryl methyl sites for hydroxylation is 1. The molecule has 1 aliphatic rings. The van der Waals surface area contributed by atoms with Crippen molar-refractivity contribution in [3.8, 4) is 5.69 Å². The molecule has 2 aromatic rings. The van der Waals surface area contributed by atoms with Gasteiger partial charge in [0.25, 0.3) is 0 Å². The zero-order chi connectivity index (χ0) is 13.9. The minimum absolute atomic E-state index is 0.334. The van der Waals surface area contributed by atoms with E-state index in [0.29, 0.717) is 6.04 Å². The second-order valence-corrected chi connectivity index (χ2v) is 5.41. The fourth-order valence-corrected chi connectivity index (χ4v) is 3.00. The molecule has 0 bridgehead atoms. The Bertz CT molecular complexity index is 567. The standard InChI is InChI=1S/C16H22N4/c1-3-13(17-2)14-9-8-12(10-18-14)20-11-19-15-6-4-5-7-16(15)20/h8-11,13,17H,3-7H2,1-2H3. The van der Waals surface area contributed by atoms with Crippen LogP contribution in [0.25, 0.3) is 5.69 Å². The smallest absolute Gasteiger partial charge is 0.0998 e. The largest absolute Gasteiger partial charge is 0.312 e. The van der Waals surface area contributed by atoms with E-state index in [2.05, 4.69) is 38.9 Å². The van der Waals surface area contributed by atoms with Crippen LogP contribution in [0.4, 0.5) is 0 Å². The fraction of sp³-hybridized carbons (Fsp3) is 0.500. The van der Waals surface area contributed by atoms with Gasteiger partial charge in [0.15, 0.2) is 0 Å². The molecule has 4 nitrogen and oxygen atoms in total. The monoisotopic (exact) mass is 270 g/mol. The predicted molar refractivity (Wildman–Crippen MR) is 80.1 cm³/mol. The number of pyridine rings is 1. The molecule has 0 amide bonds. The molecule has 0 saturated heterocycles. The average Bonchev–Trinajstić information content (AvgIpc) is 2.93. The maximum atomic E-state index is 4.61. The van der Waals surface area contributed by atoms with Crippen molar-refractivity contribution in [3.63, 3.8) is 0 Å². The van der Waals surface area contributed by atoms with Crippen LogP contribution in [0, 0.1) is 0 Å². The van der Waals surface area contributed by atoms with E-state index in [4.69, 9.17) is 0 Å². The first-order chi connectivity index (χ1) is 9.83. The van der Waals surface area contributed by atoms with Crippen molar-refractivity contribution in [2.24, 2.45) is 0 Å². The first kappa shape index (κ1) is 13.3. The van der Waals surface area contributed by atoms with Gasteiger partial charge in [0.1, 0.15) is 0 Å². The normalized spacial score (nSPS) is 15.9. The number of hydrogen-bond acceptors (Lipinski definition) is 3. The molecule has 1 aliphatic carbocycles. The van der Waals surface area contributed by atoms with Crippen LogP contribution in [-0.2, 0) is 12.8 Å². The summed E-state index contributed by atoms with van der Waals surface area (Å²) in [5, 5.41) is 3.29. The predicted octanol–water partition coefficient (Wildman–Crippen LogP) is 2.82. The number of rotatable bonds is 4. The Kier molecular flexibility index (Phi) is 3.83. The summed E-state index contributed by atoms with van der Waals surface area (Å²) >= 11 is 0. The molecule has 0 fully saturated rings. The average molecular weight is 270 g/mol. The topological polar surface area (TPSA) is 42.7 Å². The second-order valence-electron chi connectivity index (χ2n) is 5.41. The quantitative estimate of drug-likeness (QED) is 0.929. The zero-order valence-electron chi connectivity index (χ0n) is 12.3. The highest BCUT2D eigenvalue weighted by Crippen LogP contribution is 2.23. The number of fused-ring (bicyclic) bond motifs is 1. The molecule has 106 valence electrons. The number of nitrogens with zero attached hydrogens (tertiary/aromatic N) is 3. The highest BCUT2D eigenvalue weighted by atomic mass is 15.1. The SMILES string of the molecule is CCC(NC)c1ccc(-n2cnc3c2CCCC3)cn1. The van der Waals surface area contributed by atoms with E-state index < -0.39 is 0 Å². The van der Waals surface area contributed by atoms with Crippen LogP contribution in [0.3, 0.4) is 0 Å². The summed E-state index contributed by atoms with van der Waals surface area (Å²) in [6.45, 7) is 2.17. The number of imidazole rings is 1. The van der Waals surface area contributed by atoms with Crippen LogP contribution < -0.4 is 5.32 Å². The van der Waals surface area contributed by atoms with Crippen LogP contribution in [0.1, 0.15) is 49.3 Å². The first-order valence-electron chi connectivity index (χ1n) is 7.52. The van der Waals surface area contributed by atoms with E-state index in [9.17, 15) is 0 Å². The highest BCUT2D eigenvalue weighted by molar-refractivity contribution is 5.35. The molecule has 3 rings (SSSR count). The van der Waals surface area contributed by atoms with Gasteiger partial charge in [-0.3, -0.25) is 4.98 Å². The van der Waals surface area contributed by atoms with E-state index in [1.807, 2.05) is 19.6 Å². The van der Waals surface area contributed by atoms with Crippen molar-refractivity contribution < 1.29 is 0 Å². The van der Waals surface area contributed by atoms with Crippen LogP contribution in [0.2, 0.25) is 0 Å². The molecule has 0 aromatic carbocycles. The van der Waals surface area contributed by atoms with Gasteiger partial charge in [0.2, 0.25) is 0 Å². The highest BCUT2D eigenvalue weighted by Gasteiger charge is 2.16. The lowest BCUT2D eigenvalue weighted by Gasteiger charge is -2.16. The molecule has 1 atom stereocenters. The molecule has 1 unspecified atom stereocenters. The Morgan fingerprint density at radius 2 is 2.10 bits per heavy atom. The second kappa shape index (κ2) is 5.75. The summed E-state index contributed by atoms with van der Waals surface area (Å²) in [6, 6.07) is 4.61. The van der Waals surface area contributed by atoms with Crippen LogP contribution in [-0.4, -0.2) is 21.6 Å². The number of aromatic nitrogens is 3. The summed E-state index contributed by atoms with van der Waals surface area (Å²) in [5.41, 5.74) is 4.86. The Hall–Kier alpha value is -1.68. The van der Waals surface area contributed by atoms with Gasteiger partial charge in [-0.25, -0.2) is 4.98 Å². The van der Waals surface area contributed by atoms with E-state index in [-0.39, 0.29) is 0 Å². The number of nitrogens with one attached hydrogen (secondary N) is 1. The molecular weight excluding hydrogens is 248 g/mol. The summed E-state index contributed by atoms with van der Waals surface area (Å²) in [6.07, 6.45) is 9.73. The molecule has 1 N–H and O–H groups in total. The third kappa shape index (κ3) is 2.36. The van der Waals surface area contributed by atoms with E-state index in [0.717, 1.165) is 30.6 Å². The van der Waals surface area contributed by atoms with Crippen molar-refractivity contribution >= 4 is 0 Å². The third-order valence-electron chi connectivity index (χ3n) is 4.19. The van der Waals surface area contributed by atoms with Crippen LogP contribution in [0.15, 0.2) is 24.7 Å². The van der Waals surface area contributed by atoms with Gasteiger partial charge >= 0.3 is 0 Å². The fourth-order valence-electron chi connectivity index (χ4n) is 3.00. The lowest BCUT2D eigenvalue weighted by molar-refractivity contribution is 0.561. The maximum Gasteiger partial charge on any atom is 0.0998 e.